The van der Waals surface area contributed by atoms with E-state index in [2.05, 4.69) is 17.1 Å². The molecule has 24 heavy (non-hydrogen) atoms. The van der Waals surface area contributed by atoms with E-state index in [-0.39, 0.29) is 11.8 Å². The molecule has 1 atom stereocenters. The molecule has 0 aromatic heterocycles. The minimum atomic E-state index is -0.0992. The second-order valence-corrected chi connectivity index (χ2v) is 6.33. The van der Waals surface area contributed by atoms with Gasteiger partial charge in [0.25, 0.3) is 0 Å². The SMILES string of the molecule is CCCOc1ccc(C(=O)C(C)N2CCNCC2)c2ccccc12. The summed E-state index contributed by atoms with van der Waals surface area (Å²) in [7, 11) is 0. The second-order valence-electron chi connectivity index (χ2n) is 6.33. The molecule has 2 aromatic rings. The second kappa shape index (κ2) is 7.77. The first-order valence-corrected chi connectivity index (χ1v) is 8.86. The van der Waals surface area contributed by atoms with Crippen LogP contribution in [0.15, 0.2) is 36.4 Å². The zero-order chi connectivity index (χ0) is 16.9. The van der Waals surface area contributed by atoms with Gasteiger partial charge in [0.15, 0.2) is 5.78 Å². The molecule has 1 saturated heterocycles. The lowest BCUT2D eigenvalue weighted by molar-refractivity contribution is 0.0822. The van der Waals surface area contributed by atoms with Gasteiger partial charge in [-0.2, -0.15) is 0 Å². The Balaban J connectivity index is 1.92. The number of carbonyl (C=O) groups excluding carboxylic acids is 1. The van der Waals surface area contributed by atoms with Gasteiger partial charge >= 0.3 is 0 Å². The number of ether oxygens (including phenoxy) is 1. The molecule has 1 aliphatic rings. The molecule has 0 radical (unpaired) electrons. The zero-order valence-electron chi connectivity index (χ0n) is 14.5. The number of hydrogen-bond donors (Lipinski definition) is 1. The molecule has 1 heterocycles. The van der Waals surface area contributed by atoms with Crippen LogP contribution in [0.3, 0.4) is 0 Å². The fraction of sp³-hybridized carbons (Fsp3) is 0.450. The van der Waals surface area contributed by atoms with Crippen LogP contribution in [-0.2, 0) is 0 Å². The Morgan fingerprint density at radius 1 is 1.17 bits per heavy atom. The molecular formula is C20H26N2O2. The number of fused-ring (bicyclic) bond motifs is 1. The maximum atomic E-state index is 13.1. The van der Waals surface area contributed by atoms with Gasteiger partial charge in [-0.15, -0.1) is 0 Å². The molecule has 0 saturated carbocycles. The van der Waals surface area contributed by atoms with Gasteiger partial charge < -0.3 is 10.1 Å². The van der Waals surface area contributed by atoms with Crippen molar-refractivity contribution in [3.05, 3.63) is 42.0 Å². The number of ketones is 1. The van der Waals surface area contributed by atoms with E-state index in [0.29, 0.717) is 6.61 Å². The third-order valence-electron chi connectivity index (χ3n) is 4.69. The normalized spacial score (nSPS) is 16.9. The number of benzene rings is 2. The quantitative estimate of drug-likeness (QED) is 0.828. The number of Topliss-reactive ketones (excluding diaryl/α,β-unsaturated/α-hetero) is 1. The first kappa shape index (κ1) is 16.9. The summed E-state index contributed by atoms with van der Waals surface area (Å²) in [5, 5.41) is 5.34. The van der Waals surface area contributed by atoms with Gasteiger partial charge in [0.1, 0.15) is 5.75 Å². The molecule has 0 bridgehead atoms. The molecule has 3 rings (SSSR count). The van der Waals surface area contributed by atoms with Gasteiger partial charge in [0.05, 0.1) is 12.6 Å². The predicted molar refractivity (Wildman–Crippen MR) is 98.0 cm³/mol. The number of hydrogen-bond acceptors (Lipinski definition) is 4. The van der Waals surface area contributed by atoms with Crippen LogP contribution in [0, 0.1) is 0 Å². The van der Waals surface area contributed by atoms with Crippen LogP contribution < -0.4 is 10.1 Å². The molecule has 2 aromatic carbocycles. The Bertz CT molecular complexity index is 708. The van der Waals surface area contributed by atoms with Crippen LogP contribution in [-0.4, -0.2) is 49.5 Å². The molecule has 4 nitrogen and oxygen atoms in total. The molecule has 4 heteroatoms. The van der Waals surface area contributed by atoms with Gasteiger partial charge in [-0.25, -0.2) is 0 Å². The smallest absolute Gasteiger partial charge is 0.180 e. The summed E-state index contributed by atoms with van der Waals surface area (Å²) in [4.78, 5) is 15.3. The first-order valence-electron chi connectivity index (χ1n) is 8.86. The van der Waals surface area contributed by atoms with Crippen LogP contribution in [0.25, 0.3) is 10.8 Å². The molecule has 1 fully saturated rings. The summed E-state index contributed by atoms with van der Waals surface area (Å²) in [6.07, 6.45) is 0.967. The van der Waals surface area contributed by atoms with E-state index in [1.165, 1.54) is 0 Å². The summed E-state index contributed by atoms with van der Waals surface area (Å²) < 4.78 is 5.85. The summed E-state index contributed by atoms with van der Waals surface area (Å²) in [5.74, 6) is 1.05. The van der Waals surface area contributed by atoms with Crippen molar-refractivity contribution in [3.63, 3.8) is 0 Å². The highest BCUT2D eigenvalue weighted by Crippen LogP contribution is 2.30. The van der Waals surface area contributed by atoms with Gasteiger partial charge in [-0.05, 0) is 30.9 Å². The Morgan fingerprint density at radius 2 is 1.88 bits per heavy atom. The minimum Gasteiger partial charge on any atom is -0.493 e. The third kappa shape index (κ3) is 3.45. The third-order valence-corrected chi connectivity index (χ3v) is 4.69. The van der Waals surface area contributed by atoms with Crippen LogP contribution in [0.1, 0.15) is 30.6 Å². The molecule has 0 aliphatic carbocycles. The van der Waals surface area contributed by atoms with Crippen molar-refractivity contribution in [1.29, 1.82) is 0 Å². The van der Waals surface area contributed by atoms with Gasteiger partial charge in [0, 0.05) is 37.1 Å². The lowest BCUT2D eigenvalue weighted by Crippen LogP contribution is -2.50. The van der Waals surface area contributed by atoms with E-state index >= 15 is 0 Å². The van der Waals surface area contributed by atoms with Crippen molar-refractivity contribution in [2.24, 2.45) is 0 Å². The van der Waals surface area contributed by atoms with Crippen molar-refractivity contribution in [2.75, 3.05) is 32.8 Å². The van der Waals surface area contributed by atoms with Gasteiger partial charge in [-0.1, -0.05) is 31.2 Å². The minimum absolute atomic E-state index is 0.0992. The highest BCUT2D eigenvalue weighted by Gasteiger charge is 2.25. The Kier molecular flexibility index (Phi) is 5.48. The lowest BCUT2D eigenvalue weighted by atomic mass is 9.96. The summed E-state index contributed by atoms with van der Waals surface area (Å²) in [6.45, 7) is 8.53. The topological polar surface area (TPSA) is 41.6 Å². The van der Waals surface area contributed by atoms with Gasteiger partial charge in [0.2, 0.25) is 0 Å². The number of nitrogens with zero attached hydrogens (tertiary/aromatic N) is 1. The fourth-order valence-electron chi connectivity index (χ4n) is 3.28. The monoisotopic (exact) mass is 326 g/mol. The average molecular weight is 326 g/mol. The Morgan fingerprint density at radius 3 is 2.58 bits per heavy atom. The molecular weight excluding hydrogens is 300 g/mol. The zero-order valence-corrected chi connectivity index (χ0v) is 14.5. The van der Waals surface area contributed by atoms with E-state index in [1.807, 2.05) is 43.3 Å². The number of rotatable bonds is 6. The highest BCUT2D eigenvalue weighted by molar-refractivity contribution is 6.11. The van der Waals surface area contributed by atoms with Crippen LogP contribution in [0.5, 0.6) is 5.75 Å². The van der Waals surface area contributed by atoms with E-state index in [9.17, 15) is 4.79 Å². The largest absolute Gasteiger partial charge is 0.493 e. The summed E-state index contributed by atoms with van der Waals surface area (Å²) >= 11 is 0. The lowest BCUT2D eigenvalue weighted by Gasteiger charge is -2.32. The molecule has 1 aliphatic heterocycles. The van der Waals surface area contributed by atoms with Crippen LogP contribution >= 0.6 is 0 Å². The van der Waals surface area contributed by atoms with E-state index in [1.54, 1.807) is 0 Å². The summed E-state index contributed by atoms with van der Waals surface area (Å²) in [5.41, 5.74) is 0.792. The average Bonchev–Trinajstić information content (AvgIpc) is 2.65. The van der Waals surface area contributed by atoms with Crippen molar-refractivity contribution in [1.82, 2.24) is 10.2 Å². The number of carbonyl (C=O) groups is 1. The fourth-order valence-corrected chi connectivity index (χ4v) is 3.28. The standard InChI is InChI=1S/C20H26N2O2/c1-3-14-24-19-9-8-18(16-6-4-5-7-17(16)19)20(23)15(2)22-12-10-21-11-13-22/h4-9,15,21H,3,10-14H2,1-2H3. The van der Waals surface area contributed by atoms with Gasteiger partial charge in [-0.3, -0.25) is 9.69 Å². The van der Waals surface area contributed by atoms with Crippen LogP contribution in [0.2, 0.25) is 0 Å². The predicted octanol–water partition coefficient (Wildman–Crippen LogP) is 3.11. The van der Waals surface area contributed by atoms with E-state index in [0.717, 1.165) is 54.7 Å². The van der Waals surface area contributed by atoms with Crippen molar-refractivity contribution in [2.45, 2.75) is 26.3 Å². The van der Waals surface area contributed by atoms with E-state index in [4.69, 9.17) is 4.74 Å². The maximum Gasteiger partial charge on any atom is 0.180 e. The first-order chi connectivity index (χ1) is 11.7. The van der Waals surface area contributed by atoms with Crippen molar-refractivity contribution >= 4 is 16.6 Å². The molecule has 128 valence electrons. The number of piperazine rings is 1. The molecule has 0 amide bonds. The van der Waals surface area contributed by atoms with Crippen molar-refractivity contribution in [3.8, 4) is 5.75 Å². The van der Waals surface area contributed by atoms with Crippen LogP contribution in [0.4, 0.5) is 0 Å². The molecule has 1 unspecified atom stereocenters. The molecule has 1 N–H and O–H groups in total. The Hall–Kier alpha value is -1.91. The Labute approximate surface area is 143 Å². The van der Waals surface area contributed by atoms with Crippen molar-refractivity contribution < 1.29 is 9.53 Å². The van der Waals surface area contributed by atoms with E-state index < -0.39 is 0 Å². The summed E-state index contributed by atoms with van der Waals surface area (Å²) in [6, 6.07) is 11.8. The maximum absolute atomic E-state index is 13.1. The highest BCUT2D eigenvalue weighted by atomic mass is 16.5. The molecule has 0 spiro atoms. The number of nitrogens with one attached hydrogen (secondary N) is 1.